The van der Waals surface area contributed by atoms with Crippen molar-refractivity contribution in [3.8, 4) is 0 Å². The Bertz CT molecular complexity index is 396. The van der Waals surface area contributed by atoms with Crippen molar-refractivity contribution in [2.45, 2.75) is 25.9 Å². The number of nitrogens with one attached hydrogen (secondary N) is 1. The van der Waals surface area contributed by atoms with Gasteiger partial charge < -0.3 is 10.1 Å². The summed E-state index contributed by atoms with van der Waals surface area (Å²) in [5.41, 5.74) is 2.19. The van der Waals surface area contributed by atoms with Crippen LogP contribution in [-0.4, -0.2) is 25.9 Å². The first kappa shape index (κ1) is 16.3. The zero-order valence-corrected chi connectivity index (χ0v) is 12.3. The third kappa shape index (κ3) is 6.82. The lowest BCUT2D eigenvalue weighted by Crippen LogP contribution is -2.18. The molecule has 0 spiro atoms. The van der Waals surface area contributed by atoms with Crippen molar-refractivity contribution in [1.29, 1.82) is 0 Å². The van der Waals surface area contributed by atoms with E-state index < -0.39 is 12.8 Å². The van der Waals surface area contributed by atoms with Gasteiger partial charge in [0.2, 0.25) is 0 Å². The highest BCUT2D eigenvalue weighted by Crippen LogP contribution is 2.21. The molecule has 1 rings (SSSR count). The highest BCUT2D eigenvalue weighted by Gasteiger charge is 2.27. The van der Waals surface area contributed by atoms with E-state index in [9.17, 15) is 13.2 Å². The van der Waals surface area contributed by atoms with Crippen LogP contribution < -0.4 is 5.32 Å². The minimum Gasteiger partial charge on any atom is -0.385 e. The lowest BCUT2D eigenvalue weighted by molar-refractivity contribution is -0.173. The normalized spacial score (nSPS) is 11.6. The van der Waals surface area contributed by atoms with Crippen LogP contribution >= 0.6 is 15.9 Å². The van der Waals surface area contributed by atoms with Crippen LogP contribution in [0.15, 0.2) is 22.7 Å². The number of anilines is 1. The second kappa shape index (κ2) is 7.75. The first-order chi connectivity index (χ1) is 8.92. The van der Waals surface area contributed by atoms with E-state index in [4.69, 9.17) is 0 Å². The molecule has 1 N–H and O–H groups in total. The zero-order chi connectivity index (χ0) is 14.3. The summed E-state index contributed by atoms with van der Waals surface area (Å²) < 4.78 is 41.0. The third-order valence-corrected chi connectivity index (χ3v) is 2.99. The van der Waals surface area contributed by atoms with E-state index >= 15 is 0 Å². The summed E-state index contributed by atoms with van der Waals surface area (Å²) in [6.07, 6.45) is -2.81. The van der Waals surface area contributed by atoms with Gasteiger partial charge in [-0.05, 0) is 36.6 Å². The molecule has 0 aliphatic rings. The number of hydrogen-bond donors (Lipinski definition) is 1. The smallest absolute Gasteiger partial charge is 0.385 e. The molecule has 0 saturated carbocycles. The van der Waals surface area contributed by atoms with Crippen LogP contribution in [0.4, 0.5) is 18.9 Å². The molecule has 0 bridgehead atoms. The van der Waals surface area contributed by atoms with Gasteiger partial charge in [-0.3, -0.25) is 0 Å². The van der Waals surface area contributed by atoms with Crippen LogP contribution in [-0.2, 0) is 11.2 Å². The number of aryl methyl sites for hydroxylation is 1. The van der Waals surface area contributed by atoms with Gasteiger partial charge in [0.15, 0.2) is 0 Å². The monoisotopic (exact) mass is 339 g/mol. The van der Waals surface area contributed by atoms with Crippen molar-refractivity contribution in [2.75, 3.05) is 25.1 Å². The van der Waals surface area contributed by atoms with Gasteiger partial charge >= 0.3 is 6.18 Å². The van der Waals surface area contributed by atoms with E-state index in [1.807, 2.05) is 18.2 Å². The average molecular weight is 340 g/mol. The summed E-state index contributed by atoms with van der Waals surface area (Å²) in [4.78, 5) is 0. The van der Waals surface area contributed by atoms with Gasteiger partial charge in [0.25, 0.3) is 0 Å². The predicted octanol–water partition coefficient (Wildman–Crippen LogP) is 4.39. The molecule has 6 heteroatoms. The van der Waals surface area contributed by atoms with Crippen LogP contribution in [0.1, 0.15) is 18.9 Å². The minimum atomic E-state index is -4.24. The van der Waals surface area contributed by atoms with E-state index in [1.165, 1.54) is 5.56 Å². The summed E-state index contributed by atoms with van der Waals surface area (Å²) in [7, 11) is 0. The van der Waals surface area contributed by atoms with Crippen molar-refractivity contribution in [3.05, 3.63) is 28.2 Å². The van der Waals surface area contributed by atoms with Gasteiger partial charge in [0.05, 0.1) is 0 Å². The SMILES string of the molecule is CCc1cc(Br)ccc1NCCCOCC(F)(F)F. The predicted molar refractivity (Wildman–Crippen MR) is 73.5 cm³/mol. The van der Waals surface area contributed by atoms with Gasteiger partial charge in [0, 0.05) is 23.3 Å². The molecule has 0 amide bonds. The number of alkyl halides is 3. The molecule has 0 aliphatic carbocycles. The van der Waals surface area contributed by atoms with Crippen molar-refractivity contribution >= 4 is 21.6 Å². The Morgan fingerprint density at radius 3 is 2.68 bits per heavy atom. The summed E-state index contributed by atoms with van der Waals surface area (Å²) in [5.74, 6) is 0. The second-order valence-electron chi connectivity index (χ2n) is 4.10. The number of benzene rings is 1. The lowest BCUT2D eigenvalue weighted by atomic mass is 10.1. The zero-order valence-electron chi connectivity index (χ0n) is 10.7. The number of halogens is 4. The molecular formula is C13H17BrF3NO. The Hall–Kier alpha value is -0.750. The van der Waals surface area contributed by atoms with Crippen LogP contribution in [0, 0.1) is 0 Å². The molecule has 1 aromatic carbocycles. The van der Waals surface area contributed by atoms with E-state index in [0.29, 0.717) is 13.0 Å². The maximum Gasteiger partial charge on any atom is 0.411 e. The molecule has 0 unspecified atom stereocenters. The summed E-state index contributed by atoms with van der Waals surface area (Å²) in [6, 6.07) is 5.92. The summed E-state index contributed by atoms with van der Waals surface area (Å²) in [6.45, 7) is 1.57. The van der Waals surface area contributed by atoms with Crippen molar-refractivity contribution in [2.24, 2.45) is 0 Å². The number of rotatable bonds is 7. The first-order valence-corrected chi connectivity index (χ1v) is 6.88. The van der Waals surface area contributed by atoms with Gasteiger partial charge in [-0.25, -0.2) is 0 Å². The van der Waals surface area contributed by atoms with Crippen LogP contribution in [0.2, 0.25) is 0 Å². The molecule has 1 aromatic rings. The van der Waals surface area contributed by atoms with Gasteiger partial charge in [-0.2, -0.15) is 13.2 Å². The van der Waals surface area contributed by atoms with Crippen molar-refractivity contribution in [1.82, 2.24) is 0 Å². The van der Waals surface area contributed by atoms with E-state index in [2.05, 4.69) is 32.9 Å². The first-order valence-electron chi connectivity index (χ1n) is 6.09. The lowest BCUT2D eigenvalue weighted by Gasteiger charge is -2.12. The van der Waals surface area contributed by atoms with Gasteiger partial charge in [-0.15, -0.1) is 0 Å². The van der Waals surface area contributed by atoms with Crippen LogP contribution in [0.5, 0.6) is 0 Å². The third-order valence-electron chi connectivity index (χ3n) is 2.49. The second-order valence-corrected chi connectivity index (χ2v) is 5.02. The molecule has 19 heavy (non-hydrogen) atoms. The highest BCUT2D eigenvalue weighted by atomic mass is 79.9. The molecule has 2 nitrogen and oxygen atoms in total. The summed E-state index contributed by atoms with van der Waals surface area (Å²) >= 11 is 3.40. The Morgan fingerprint density at radius 2 is 2.05 bits per heavy atom. The highest BCUT2D eigenvalue weighted by molar-refractivity contribution is 9.10. The Morgan fingerprint density at radius 1 is 1.32 bits per heavy atom. The quantitative estimate of drug-likeness (QED) is 0.743. The standard InChI is InChI=1S/C13H17BrF3NO/c1-2-10-8-11(14)4-5-12(10)18-6-3-7-19-9-13(15,16)17/h4-5,8,18H,2-3,6-7,9H2,1H3. The summed E-state index contributed by atoms with van der Waals surface area (Å²) in [5, 5.41) is 3.21. The fourth-order valence-corrected chi connectivity index (χ4v) is 2.02. The average Bonchev–Trinajstić information content (AvgIpc) is 2.33. The van der Waals surface area contributed by atoms with Crippen molar-refractivity contribution in [3.63, 3.8) is 0 Å². The maximum absolute atomic E-state index is 11.8. The number of hydrogen-bond acceptors (Lipinski definition) is 2. The van der Waals surface area contributed by atoms with Crippen molar-refractivity contribution < 1.29 is 17.9 Å². The maximum atomic E-state index is 11.8. The fourth-order valence-electron chi connectivity index (χ4n) is 1.61. The molecule has 108 valence electrons. The molecular weight excluding hydrogens is 323 g/mol. The largest absolute Gasteiger partial charge is 0.411 e. The van der Waals surface area contributed by atoms with Gasteiger partial charge in [0.1, 0.15) is 6.61 Å². The Labute approximate surface area is 119 Å². The fraction of sp³-hybridized carbons (Fsp3) is 0.538. The molecule has 0 aromatic heterocycles. The Kier molecular flexibility index (Phi) is 6.65. The van der Waals surface area contributed by atoms with E-state index in [1.54, 1.807) is 0 Å². The molecule has 0 fully saturated rings. The van der Waals surface area contributed by atoms with Gasteiger partial charge in [-0.1, -0.05) is 22.9 Å². The Balaban J connectivity index is 2.26. The van der Waals surface area contributed by atoms with Crippen LogP contribution in [0.3, 0.4) is 0 Å². The molecule has 0 aliphatic heterocycles. The molecule has 0 saturated heterocycles. The molecule has 0 heterocycles. The topological polar surface area (TPSA) is 21.3 Å². The number of ether oxygens (including phenoxy) is 1. The van der Waals surface area contributed by atoms with E-state index in [0.717, 1.165) is 16.6 Å². The van der Waals surface area contributed by atoms with E-state index in [-0.39, 0.29) is 6.61 Å². The van der Waals surface area contributed by atoms with Crippen LogP contribution in [0.25, 0.3) is 0 Å². The minimum absolute atomic E-state index is 0.102. The molecule has 0 radical (unpaired) electrons. The molecule has 0 atom stereocenters.